The third-order valence-corrected chi connectivity index (χ3v) is 10.7. The third kappa shape index (κ3) is 8.13. The number of hydrogen-bond donors (Lipinski definition) is 0. The van der Waals surface area contributed by atoms with E-state index in [1.165, 1.54) is 11.1 Å². The Morgan fingerprint density at radius 1 is 0.183 bits per heavy atom. The lowest BCUT2D eigenvalue weighted by Gasteiger charge is -2.30. The molecule has 0 aliphatic carbocycles. The summed E-state index contributed by atoms with van der Waals surface area (Å²) in [6, 6.07) is 86.3. The van der Waals surface area contributed by atoms with Crippen molar-refractivity contribution in [3.8, 4) is 0 Å². The predicted molar refractivity (Wildman–Crippen MR) is 255 cm³/mol. The van der Waals surface area contributed by atoms with E-state index < -0.39 is 0 Å². The second kappa shape index (κ2) is 17.4. The fourth-order valence-electron chi connectivity index (χ4n) is 7.88. The van der Waals surface area contributed by atoms with Gasteiger partial charge in [0.05, 0.1) is 0 Å². The van der Waals surface area contributed by atoms with Gasteiger partial charge in [0.1, 0.15) is 0 Å². The summed E-state index contributed by atoms with van der Waals surface area (Å²) in [5, 5.41) is 0. The van der Waals surface area contributed by atoms with Crippen molar-refractivity contribution in [1.82, 2.24) is 0 Å². The molecule has 0 heterocycles. The molecule has 0 saturated heterocycles. The molecule has 0 amide bonds. The van der Waals surface area contributed by atoms with Crippen LogP contribution in [-0.2, 0) is 0 Å². The van der Waals surface area contributed by atoms with Crippen molar-refractivity contribution in [3.63, 3.8) is 0 Å². The largest absolute Gasteiger partial charge is 0.311 e. The van der Waals surface area contributed by atoms with Crippen LogP contribution >= 0.6 is 0 Å². The molecule has 4 heteroatoms. The first-order valence-corrected chi connectivity index (χ1v) is 20.4. The van der Waals surface area contributed by atoms with Gasteiger partial charge in [0.25, 0.3) is 0 Å². The number of anilines is 12. The summed E-state index contributed by atoms with van der Waals surface area (Å²) in [7, 11) is 0. The lowest BCUT2D eigenvalue weighted by atomic mass is 10.1. The van der Waals surface area contributed by atoms with Gasteiger partial charge in [-0.1, -0.05) is 97.1 Å². The van der Waals surface area contributed by atoms with Crippen LogP contribution < -0.4 is 19.6 Å². The van der Waals surface area contributed by atoms with Gasteiger partial charge in [-0.3, -0.25) is 0 Å². The van der Waals surface area contributed by atoms with E-state index in [2.05, 4.69) is 276 Å². The van der Waals surface area contributed by atoms with Crippen LogP contribution in [0.25, 0.3) is 0 Å². The average Bonchev–Trinajstić information content (AvgIpc) is 3.30. The van der Waals surface area contributed by atoms with E-state index in [1.807, 2.05) is 0 Å². The highest BCUT2D eigenvalue weighted by molar-refractivity contribution is 5.85. The van der Waals surface area contributed by atoms with Crippen LogP contribution in [0.15, 0.2) is 243 Å². The average molecular weight is 775 g/mol. The van der Waals surface area contributed by atoms with Crippen LogP contribution in [0.5, 0.6) is 0 Å². The first-order chi connectivity index (χ1) is 29.6. The number of nitrogens with zero attached hydrogens (tertiary/aromatic N) is 4. The van der Waals surface area contributed by atoms with Crippen molar-refractivity contribution >= 4 is 68.2 Å². The first kappa shape index (κ1) is 37.7. The van der Waals surface area contributed by atoms with Gasteiger partial charge < -0.3 is 19.6 Å². The fourth-order valence-corrected chi connectivity index (χ4v) is 7.88. The van der Waals surface area contributed by atoms with Gasteiger partial charge in [0.2, 0.25) is 0 Å². The molecule has 0 spiro atoms. The molecular weight excluding hydrogens is 729 g/mol. The summed E-state index contributed by atoms with van der Waals surface area (Å²) < 4.78 is 0. The Bertz CT molecular complexity index is 2580. The molecule has 290 valence electrons. The summed E-state index contributed by atoms with van der Waals surface area (Å²) in [5.74, 6) is 0. The fraction of sp³-hybridized carbons (Fsp3) is 0.0357. The number of rotatable bonds is 12. The molecule has 0 saturated carbocycles. The number of aryl methyl sites for hydroxylation is 2. The highest BCUT2D eigenvalue weighted by Gasteiger charge is 2.19. The van der Waals surface area contributed by atoms with E-state index in [1.54, 1.807) is 0 Å². The zero-order valence-electron chi connectivity index (χ0n) is 33.9. The lowest BCUT2D eigenvalue weighted by molar-refractivity contribution is 1.23. The lowest BCUT2D eigenvalue weighted by Crippen LogP contribution is -2.14. The molecule has 0 unspecified atom stereocenters. The van der Waals surface area contributed by atoms with Crippen LogP contribution in [0.3, 0.4) is 0 Å². The maximum Gasteiger partial charge on any atom is 0.0464 e. The SMILES string of the molecule is Cc1cccc(N(c2ccccc2)c2ccc(N(c3ccc(N(c4ccccc4)c4ccccc4)cc3)c3ccc(N(c4ccccc4)c4cccc(C)c4)cc3)cc2)c1. The van der Waals surface area contributed by atoms with Crippen molar-refractivity contribution in [2.24, 2.45) is 0 Å². The van der Waals surface area contributed by atoms with Crippen molar-refractivity contribution in [2.45, 2.75) is 13.8 Å². The molecule has 0 bridgehead atoms. The molecule has 0 aliphatic heterocycles. The Kier molecular flexibility index (Phi) is 10.9. The predicted octanol–water partition coefficient (Wildman–Crippen LogP) is 16.2. The van der Waals surface area contributed by atoms with E-state index in [4.69, 9.17) is 0 Å². The standard InChI is InChI=1S/C56H46N4/c1-43-17-15-27-55(41-43)59(47-23-11-5-12-24-47)53-37-33-51(34-38-53)58(50-31-29-49(30-32-50)57(45-19-7-3-8-20-45)46-21-9-4-10-22-46)52-35-39-54(40-36-52)60(48-25-13-6-14-26-48)56-28-16-18-44(2)42-56/h3-42H,1-2H3. The maximum absolute atomic E-state index is 2.34. The Morgan fingerprint density at radius 2 is 0.367 bits per heavy atom. The maximum atomic E-state index is 2.34. The Hall–Kier alpha value is -7.82. The quantitative estimate of drug-likeness (QED) is 0.123. The molecule has 0 N–H and O–H groups in total. The monoisotopic (exact) mass is 774 g/mol. The van der Waals surface area contributed by atoms with E-state index in [-0.39, 0.29) is 0 Å². The van der Waals surface area contributed by atoms with E-state index in [0.29, 0.717) is 0 Å². The molecule has 0 radical (unpaired) electrons. The summed E-state index contributed by atoms with van der Waals surface area (Å²) in [4.78, 5) is 9.27. The normalized spacial score (nSPS) is 10.8. The van der Waals surface area contributed by atoms with E-state index in [9.17, 15) is 0 Å². The summed E-state index contributed by atoms with van der Waals surface area (Å²) in [6.07, 6.45) is 0. The molecule has 0 atom stereocenters. The van der Waals surface area contributed by atoms with Gasteiger partial charge in [-0.05, 0) is 171 Å². The molecule has 0 aromatic heterocycles. The van der Waals surface area contributed by atoms with Gasteiger partial charge in [-0.2, -0.15) is 0 Å². The van der Waals surface area contributed by atoms with Gasteiger partial charge in [-0.15, -0.1) is 0 Å². The number of benzene rings is 9. The topological polar surface area (TPSA) is 13.0 Å². The van der Waals surface area contributed by atoms with Crippen molar-refractivity contribution in [1.29, 1.82) is 0 Å². The minimum atomic E-state index is 1.05. The molecule has 9 aromatic rings. The Balaban J connectivity index is 1.13. The van der Waals surface area contributed by atoms with Gasteiger partial charge >= 0.3 is 0 Å². The third-order valence-electron chi connectivity index (χ3n) is 10.7. The highest BCUT2D eigenvalue weighted by Crippen LogP contribution is 2.43. The van der Waals surface area contributed by atoms with Crippen LogP contribution in [0.4, 0.5) is 68.2 Å². The van der Waals surface area contributed by atoms with Crippen LogP contribution in [0, 0.1) is 13.8 Å². The van der Waals surface area contributed by atoms with Crippen molar-refractivity contribution in [2.75, 3.05) is 19.6 Å². The van der Waals surface area contributed by atoms with Crippen LogP contribution in [-0.4, -0.2) is 0 Å². The summed E-state index contributed by atoms with van der Waals surface area (Å²) >= 11 is 0. The highest BCUT2D eigenvalue weighted by atomic mass is 15.2. The van der Waals surface area contributed by atoms with Crippen molar-refractivity contribution in [3.05, 3.63) is 254 Å². The second-order valence-electron chi connectivity index (χ2n) is 14.9. The van der Waals surface area contributed by atoms with Gasteiger partial charge in [0, 0.05) is 68.2 Å². The molecule has 4 nitrogen and oxygen atoms in total. The van der Waals surface area contributed by atoms with E-state index >= 15 is 0 Å². The minimum absolute atomic E-state index is 1.05. The molecule has 0 fully saturated rings. The molecule has 0 aliphatic rings. The molecule has 60 heavy (non-hydrogen) atoms. The minimum Gasteiger partial charge on any atom is -0.311 e. The second-order valence-corrected chi connectivity index (χ2v) is 14.9. The summed E-state index contributed by atoms with van der Waals surface area (Å²) in [5.41, 5.74) is 15.5. The first-order valence-electron chi connectivity index (χ1n) is 20.4. The Labute approximate surface area is 354 Å². The Morgan fingerprint density at radius 3 is 0.583 bits per heavy atom. The summed E-state index contributed by atoms with van der Waals surface area (Å²) in [6.45, 7) is 4.28. The smallest absolute Gasteiger partial charge is 0.0464 e. The van der Waals surface area contributed by atoms with E-state index in [0.717, 1.165) is 68.2 Å². The van der Waals surface area contributed by atoms with Gasteiger partial charge in [0.15, 0.2) is 0 Å². The molecule has 9 rings (SSSR count). The van der Waals surface area contributed by atoms with Crippen LogP contribution in [0.1, 0.15) is 11.1 Å². The zero-order valence-corrected chi connectivity index (χ0v) is 33.9. The van der Waals surface area contributed by atoms with Crippen LogP contribution in [0.2, 0.25) is 0 Å². The number of hydrogen-bond acceptors (Lipinski definition) is 4. The van der Waals surface area contributed by atoms with Crippen molar-refractivity contribution < 1.29 is 0 Å². The number of para-hydroxylation sites is 4. The van der Waals surface area contributed by atoms with Gasteiger partial charge in [-0.25, -0.2) is 0 Å². The molecule has 9 aromatic carbocycles. The molecular formula is C56H46N4. The zero-order chi connectivity index (χ0) is 40.7.